The summed E-state index contributed by atoms with van der Waals surface area (Å²) in [5, 5.41) is 0. The molecule has 1 aliphatic rings. The zero-order chi connectivity index (χ0) is 18.5. The maximum atomic E-state index is 12.4. The Morgan fingerprint density at radius 1 is 1.31 bits per heavy atom. The van der Waals surface area contributed by atoms with Crippen LogP contribution in [0, 0.1) is 5.92 Å². The van der Waals surface area contributed by atoms with Crippen molar-refractivity contribution in [3.8, 4) is 0 Å². The van der Waals surface area contributed by atoms with E-state index in [0.717, 1.165) is 21.1 Å². The third kappa shape index (κ3) is 4.82. The number of halogens is 1. The monoisotopic (exact) mass is 438 g/mol. The van der Waals surface area contributed by atoms with Crippen LogP contribution in [0.5, 0.6) is 0 Å². The predicted molar refractivity (Wildman–Crippen MR) is 106 cm³/mol. The Hall–Kier alpha value is -1.47. The van der Waals surface area contributed by atoms with Gasteiger partial charge in [0, 0.05) is 10.9 Å². The molecule has 0 saturated heterocycles. The second-order valence-electron chi connectivity index (χ2n) is 6.71. The summed E-state index contributed by atoms with van der Waals surface area (Å²) in [6.07, 6.45) is 7.72. The third-order valence-electron chi connectivity index (χ3n) is 4.87. The van der Waals surface area contributed by atoms with E-state index in [4.69, 9.17) is 4.74 Å². The molecule has 1 fully saturated rings. The Morgan fingerprint density at radius 2 is 2.08 bits per heavy atom. The number of aromatic nitrogens is 1. The largest absolute Gasteiger partial charge is 0.468 e. The minimum atomic E-state index is -0.358. The average molecular weight is 439 g/mol. The van der Waals surface area contributed by atoms with Crippen molar-refractivity contribution in [3.05, 3.63) is 27.5 Å². The summed E-state index contributed by atoms with van der Waals surface area (Å²) in [6.45, 7) is 0.0485. The van der Waals surface area contributed by atoms with Crippen molar-refractivity contribution < 1.29 is 14.3 Å². The highest BCUT2D eigenvalue weighted by atomic mass is 79.9. The van der Waals surface area contributed by atoms with Gasteiger partial charge >= 0.3 is 5.97 Å². The number of ether oxygens (including phenoxy) is 1. The quantitative estimate of drug-likeness (QED) is 0.648. The Labute approximate surface area is 165 Å². The molecule has 2 aromatic rings. The van der Waals surface area contributed by atoms with Gasteiger partial charge in [0.05, 0.1) is 17.3 Å². The summed E-state index contributed by atoms with van der Waals surface area (Å²) >= 11 is 4.88. The van der Waals surface area contributed by atoms with Crippen LogP contribution in [-0.4, -0.2) is 23.6 Å². The van der Waals surface area contributed by atoms with E-state index < -0.39 is 0 Å². The van der Waals surface area contributed by atoms with Gasteiger partial charge in [0.2, 0.25) is 5.91 Å². The number of rotatable bonds is 5. The number of nitrogens with zero attached hydrogens (tertiary/aromatic N) is 2. The maximum Gasteiger partial charge on any atom is 0.325 e. The Bertz CT molecular complexity index is 865. The fourth-order valence-corrected chi connectivity index (χ4v) is 5.04. The second kappa shape index (κ2) is 8.95. The molecule has 0 spiro atoms. The normalized spacial score (nSPS) is 16.2. The number of thiazole rings is 1. The number of fused-ring (bicyclic) bond motifs is 1. The molecule has 3 rings (SSSR count). The standard InChI is InChI=1S/C19H23BrN2O3S/c1-25-18(24)12-22-15-9-8-14(20)11-16(15)26-19(22)21-17(23)10-7-13-5-3-2-4-6-13/h8-9,11,13H,2-7,10,12H2,1H3. The summed E-state index contributed by atoms with van der Waals surface area (Å²) in [4.78, 5) is 29.1. The van der Waals surface area contributed by atoms with Crippen molar-refractivity contribution >= 4 is 49.4 Å². The average Bonchev–Trinajstić information content (AvgIpc) is 2.96. The van der Waals surface area contributed by atoms with Gasteiger partial charge in [0.25, 0.3) is 0 Å². The van der Waals surface area contributed by atoms with Crippen molar-refractivity contribution in [1.82, 2.24) is 4.57 Å². The Balaban J connectivity index is 1.84. The number of amides is 1. The number of carbonyl (C=O) groups is 2. The first-order valence-corrected chi connectivity index (χ1v) is 10.6. The number of esters is 1. The van der Waals surface area contributed by atoms with Crippen LogP contribution in [0.4, 0.5) is 0 Å². The third-order valence-corrected chi connectivity index (χ3v) is 6.41. The van der Waals surface area contributed by atoms with Crippen molar-refractivity contribution in [2.45, 2.75) is 51.5 Å². The molecule has 0 bridgehead atoms. The molecule has 1 amide bonds. The fraction of sp³-hybridized carbons (Fsp3) is 0.526. The summed E-state index contributed by atoms with van der Waals surface area (Å²) in [6, 6.07) is 5.81. The smallest absolute Gasteiger partial charge is 0.325 e. The van der Waals surface area contributed by atoms with E-state index in [9.17, 15) is 9.59 Å². The molecule has 1 saturated carbocycles. The minimum Gasteiger partial charge on any atom is -0.468 e. The van der Waals surface area contributed by atoms with Gasteiger partial charge in [-0.3, -0.25) is 9.59 Å². The molecule has 0 radical (unpaired) electrons. The molecule has 1 heterocycles. The molecule has 0 unspecified atom stereocenters. The van der Waals surface area contributed by atoms with Crippen molar-refractivity contribution in [3.63, 3.8) is 0 Å². The van der Waals surface area contributed by atoms with Crippen LogP contribution in [0.15, 0.2) is 27.7 Å². The first-order chi connectivity index (χ1) is 12.6. The lowest BCUT2D eigenvalue weighted by Gasteiger charge is -2.20. The number of hydrogen-bond acceptors (Lipinski definition) is 4. The molecule has 0 N–H and O–H groups in total. The van der Waals surface area contributed by atoms with Crippen LogP contribution >= 0.6 is 27.3 Å². The van der Waals surface area contributed by atoms with Gasteiger partial charge in [-0.05, 0) is 30.5 Å². The zero-order valence-electron chi connectivity index (χ0n) is 14.9. The van der Waals surface area contributed by atoms with Gasteiger partial charge in [0.15, 0.2) is 4.80 Å². The van der Waals surface area contributed by atoms with Gasteiger partial charge in [0.1, 0.15) is 6.54 Å². The van der Waals surface area contributed by atoms with Crippen molar-refractivity contribution in [2.24, 2.45) is 10.9 Å². The van der Waals surface area contributed by atoms with E-state index in [1.165, 1.54) is 50.6 Å². The molecular formula is C19H23BrN2O3S. The molecule has 1 aliphatic carbocycles. The molecule has 1 aromatic carbocycles. The van der Waals surface area contributed by atoms with Gasteiger partial charge in [-0.1, -0.05) is 59.4 Å². The molecule has 26 heavy (non-hydrogen) atoms. The summed E-state index contributed by atoms with van der Waals surface area (Å²) < 4.78 is 8.48. The predicted octanol–water partition coefficient (Wildman–Crippen LogP) is 4.43. The number of methoxy groups -OCH3 is 1. The topological polar surface area (TPSA) is 60.7 Å². The van der Waals surface area contributed by atoms with Crippen molar-refractivity contribution in [1.29, 1.82) is 0 Å². The molecule has 0 atom stereocenters. The van der Waals surface area contributed by atoms with E-state index in [2.05, 4.69) is 20.9 Å². The molecule has 140 valence electrons. The highest BCUT2D eigenvalue weighted by molar-refractivity contribution is 9.10. The van der Waals surface area contributed by atoms with E-state index in [0.29, 0.717) is 17.1 Å². The Morgan fingerprint density at radius 3 is 2.81 bits per heavy atom. The van der Waals surface area contributed by atoms with Crippen LogP contribution in [-0.2, 0) is 20.9 Å². The van der Waals surface area contributed by atoms with Gasteiger partial charge < -0.3 is 9.30 Å². The second-order valence-corrected chi connectivity index (χ2v) is 8.63. The van der Waals surface area contributed by atoms with E-state index in [1.54, 1.807) is 4.57 Å². The highest BCUT2D eigenvalue weighted by Crippen LogP contribution is 2.27. The molecule has 5 nitrogen and oxygen atoms in total. The van der Waals surface area contributed by atoms with Gasteiger partial charge in [-0.15, -0.1) is 0 Å². The molecule has 1 aromatic heterocycles. The van der Waals surface area contributed by atoms with Crippen LogP contribution < -0.4 is 4.80 Å². The summed E-state index contributed by atoms with van der Waals surface area (Å²) in [7, 11) is 1.36. The number of benzene rings is 1. The SMILES string of the molecule is COC(=O)Cn1c(=NC(=O)CCC2CCCCC2)sc2cc(Br)ccc21. The lowest BCUT2D eigenvalue weighted by Crippen LogP contribution is -2.22. The lowest BCUT2D eigenvalue weighted by atomic mass is 9.86. The number of hydrogen-bond donors (Lipinski definition) is 0. The van der Waals surface area contributed by atoms with E-state index in [1.807, 2.05) is 18.2 Å². The molecule has 7 heteroatoms. The maximum absolute atomic E-state index is 12.4. The zero-order valence-corrected chi connectivity index (χ0v) is 17.3. The van der Waals surface area contributed by atoms with Gasteiger partial charge in [-0.25, -0.2) is 0 Å². The summed E-state index contributed by atoms with van der Waals surface area (Å²) in [5.41, 5.74) is 0.877. The van der Waals surface area contributed by atoms with Crippen LogP contribution in [0.25, 0.3) is 10.2 Å². The van der Waals surface area contributed by atoms with Crippen LogP contribution in [0.1, 0.15) is 44.9 Å². The summed E-state index contributed by atoms with van der Waals surface area (Å²) in [5.74, 6) is 0.187. The van der Waals surface area contributed by atoms with E-state index >= 15 is 0 Å². The first kappa shape index (κ1) is 19.3. The first-order valence-electron chi connectivity index (χ1n) is 9.00. The van der Waals surface area contributed by atoms with E-state index in [-0.39, 0.29) is 18.4 Å². The highest BCUT2D eigenvalue weighted by Gasteiger charge is 2.16. The fourth-order valence-electron chi connectivity index (χ4n) is 3.44. The molecule has 0 aliphatic heterocycles. The van der Waals surface area contributed by atoms with Gasteiger partial charge in [-0.2, -0.15) is 4.99 Å². The van der Waals surface area contributed by atoms with Crippen molar-refractivity contribution in [2.75, 3.05) is 7.11 Å². The lowest BCUT2D eigenvalue weighted by molar-refractivity contribution is -0.141. The van der Waals surface area contributed by atoms with Crippen LogP contribution in [0.2, 0.25) is 0 Å². The van der Waals surface area contributed by atoms with Crippen LogP contribution in [0.3, 0.4) is 0 Å². The Kier molecular flexibility index (Phi) is 6.64. The minimum absolute atomic E-state index is 0.0485. The number of carbonyl (C=O) groups excluding carboxylic acids is 2. The molecular weight excluding hydrogens is 416 g/mol.